The molecule has 2 saturated heterocycles. The van der Waals surface area contributed by atoms with Gasteiger partial charge in [0, 0.05) is 79.4 Å². The first kappa shape index (κ1) is 48.5. The first-order valence-corrected chi connectivity index (χ1v) is 20.3. The number of rotatable bonds is 6. The van der Waals surface area contributed by atoms with Crippen molar-refractivity contribution in [2.75, 3.05) is 36.0 Å². The average Bonchev–Trinajstić information content (AvgIpc) is 4.02. The van der Waals surface area contributed by atoms with Crippen molar-refractivity contribution in [2.24, 2.45) is 0 Å². The molecule has 0 bridgehead atoms. The van der Waals surface area contributed by atoms with Crippen LogP contribution < -0.4 is 15.1 Å². The van der Waals surface area contributed by atoms with Gasteiger partial charge in [-0.2, -0.15) is 46.8 Å². The van der Waals surface area contributed by atoms with Crippen LogP contribution in [-0.2, 0) is 12.4 Å². The molecule has 2 N–H and O–H groups in total. The summed E-state index contributed by atoms with van der Waals surface area (Å²) in [4.78, 5) is 45.3. The molecule has 1 amide bonds. The molecule has 4 atom stereocenters. The summed E-state index contributed by atoms with van der Waals surface area (Å²) in [6.07, 6.45) is -6.33. The van der Waals surface area contributed by atoms with Crippen molar-refractivity contribution in [1.29, 1.82) is 10.5 Å². The number of aromatic nitrogens is 6. The van der Waals surface area contributed by atoms with Crippen LogP contribution in [0, 0.1) is 22.7 Å². The van der Waals surface area contributed by atoms with Gasteiger partial charge in [0.25, 0.3) is 5.91 Å². The molecule has 23 heteroatoms. The SMILES string of the molecule is CC1CN(c2ccc(C#N)cn2)CC(C)N1.CC1CN(c2ccc(C#N)cn2)CC(C)N1C(=O)c1cccc(-c2noc(C(F)(F)F)n2)c1.O=C(O)c1cccc(-c2noc(C(F)(F)F)n2)c1. The average molecular weight is 931 g/mol. The van der Waals surface area contributed by atoms with Gasteiger partial charge in [-0.1, -0.05) is 34.6 Å². The highest BCUT2D eigenvalue weighted by molar-refractivity contribution is 5.96. The second kappa shape index (κ2) is 20.5. The molecule has 4 unspecified atom stereocenters. The molecule has 0 saturated carbocycles. The highest BCUT2D eigenvalue weighted by atomic mass is 19.4. The highest BCUT2D eigenvalue weighted by Crippen LogP contribution is 2.31. The molecule has 67 heavy (non-hydrogen) atoms. The van der Waals surface area contributed by atoms with Crippen LogP contribution in [0.1, 0.15) is 71.3 Å². The second-order valence-electron chi connectivity index (χ2n) is 15.5. The normalized spacial score (nSPS) is 18.4. The number of benzene rings is 2. The Morgan fingerprint density at radius 2 is 1.10 bits per heavy atom. The molecule has 2 aromatic carbocycles. The lowest BCUT2D eigenvalue weighted by atomic mass is 10.0. The van der Waals surface area contributed by atoms with Gasteiger partial charge >= 0.3 is 30.1 Å². The van der Waals surface area contributed by atoms with Crippen LogP contribution in [0.25, 0.3) is 22.8 Å². The van der Waals surface area contributed by atoms with Gasteiger partial charge in [-0.25, -0.2) is 14.8 Å². The smallest absolute Gasteiger partial charge is 0.471 e. The fourth-order valence-electron chi connectivity index (χ4n) is 7.35. The molecule has 0 spiro atoms. The number of anilines is 2. The number of carbonyl (C=O) groups is 2. The summed E-state index contributed by atoms with van der Waals surface area (Å²) >= 11 is 0. The summed E-state index contributed by atoms with van der Waals surface area (Å²) in [5, 5.41) is 36.4. The van der Waals surface area contributed by atoms with Crippen molar-refractivity contribution >= 4 is 23.5 Å². The molecular formula is C44H40F6N12O5. The number of carboxylic acids is 1. The molecule has 2 fully saturated rings. The fourth-order valence-corrected chi connectivity index (χ4v) is 7.35. The van der Waals surface area contributed by atoms with E-state index >= 15 is 0 Å². The minimum Gasteiger partial charge on any atom is -0.478 e. The number of aromatic carboxylic acids is 1. The number of hydrogen-bond acceptors (Lipinski definition) is 15. The van der Waals surface area contributed by atoms with Gasteiger partial charge in [0.15, 0.2) is 0 Å². The Kier molecular flexibility index (Phi) is 14.8. The third-order valence-corrected chi connectivity index (χ3v) is 10.2. The summed E-state index contributed by atoms with van der Waals surface area (Å²) in [5.74, 6) is -3.23. The molecule has 2 aliphatic heterocycles. The lowest BCUT2D eigenvalue weighted by molar-refractivity contribution is -0.160. The van der Waals surface area contributed by atoms with Gasteiger partial charge in [0.1, 0.15) is 23.8 Å². The first-order chi connectivity index (χ1) is 31.7. The summed E-state index contributed by atoms with van der Waals surface area (Å²) in [6, 6.07) is 23.3. The number of pyridine rings is 2. The summed E-state index contributed by atoms with van der Waals surface area (Å²) < 4.78 is 83.3. The molecule has 348 valence electrons. The largest absolute Gasteiger partial charge is 0.478 e. The van der Waals surface area contributed by atoms with Crippen molar-refractivity contribution in [2.45, 2.75) is 64.2 Å². The van der Waals surface area contributed by atoms with E-state index in [1.165, 1.54) is 36.5 Å². The van der Waals surface area contributed by atoms with Gasteiger partial charge in [-0.15, -0.1) is 0 Å². The zero-order valence-electron chi connectivity index (χ0n) is 36.0. The van der Waals surface area contributed by atoms with Crippen LogP contribution in [-0.4, -0.2) is 102 Å². The molecule has 8 rings (SSSR count). The van der Waals surface area contributed by atoms with E-state index in [1.54, 1.807) is 35.4 Å². The van der Waals surface area contributed by atoms with E-state index in [0.29, 0.717) is 41.9 Å². The van der Waals surface area contributed by atoms with E-state index in [0.717, 1.165) is 30.8 Å². The van der Waals surface area contributed by atoms with Gasteiger partial charge in [0.2, 0.25) is 11.6 Å². The maximum absolute atomic E-state index is 13.3. The minimum absolute atomic E-state index is 0.0779. The van der Waals surface area contributed by atoms with E-state index in [4.69, 9.17) is 15.6 Å². The van der Waals surface area contributed by atoms with Crippen LogP contribution in [0.5, 0.6) is 0 Å². The summed E-state index contributed by atoms with van der Waals surface area (Å²) in [5.41, 5.74) is 1.70. The van der Waals surface area contributed by atoms with Crippen LogP contribution in [0.15, 0.2) is 94.2 Å². The molecule has 0 radical (unpaired) electrons. The van der Waals surface area contributed by atoms with E-state index in [1.807, 2.05) is 32.0 Å². The Balaban J connectivity index is 0.000000183. The fraction of sp³-hybridized carbons (Fsp3) is 0.318. The van der Waals surface area contributed by atoms with Crippen molar-refractivity contribution < 1.29 is 50.1 Å². The number of alkyl halides is 6. The van der Waals surface area contributed by atoms with Crippen LogP contribution >= 0.6 is 0 Å². The van der Waals surface area contributed by atoms with Gasteiger partial charge in [-0.05, 0) is 76.2 Å². The van der Waals surface area contributed by atoms with Crippen molar-refractivity contribution in [3.8, 4) is 34.9 Å². The first-order valence-electron chi connectivity index (χ1n) is 20.3. The van der Waals surface area contributed by atoms with E-state index in [9.17, 15) is 35.9 Å². The van der Waals surface area contributed by atoms with Crippen LogP contribution in [0.2, 0.25) is 0 Å². The Bertz CT molecular complexity index is 2730. The van der Waals surface area contributed by atoms with Gasteiger partial charge in [-0.3, -0.25) is 4.79 Å². The number of piperazine rings is 2. The Morgan fingerprint density at radius 3 is 1.49 bits per heavy atom. The number of carbonyl (C=O) groups excluding carboxylic acids is 1. The monoisotopic (exact) mass is 930 g/mol. The van der Waals surface area contributed by atoms with Crippen LogP contribution in [0.3, 0.4) is 0 Å². The minimum atomic E-state index is -4.74. The third-order valence-electron chi connectivity index (χ3n) is 10.2. The molecule has 17 nitrogen and oxygen atoms in total. The van der Waals surface area contributed by atoms with E-state index < -0.39 is 30.1 Å². The highest BCUT2D eigenvalue weighted by Gasteiger charge is 2.40. The molecule has 0 aliphatic carbocycles. The number of nitriles is 2. The maximum Gasteiger partial charge on any atom is 0.471 e. The van der Waals surface area contributed by atoms with E-state index in [-0.39, 0.29) is 46.3 Å². The topological polar surface area (TPSA) is 227 Å². The number of nitrogens with zero attached hydrogens (tertiary/aromatic N) is 11. The molecule has 2 aliphatic rings. The number of nitrogens with one attached hydrogen (secondary N) is 1. The zero-order chi connectivity index (χ0) is 48.6. The predicted molar refractivity (Wildman–Crippen MR) is 226 cm³/mol. The molecular weight excluding hydrogens is 891 g/mol. The number of carboxylic acid groups (broad SMARTS) is 1. The van der Waals surface area contributed by atoms with Gasteiger partial charge in [0.05, 0.1) is 16.7 Å². The lowest BCUT2D eigenvalue weighted by Gasteiger charge is -2.45. The summed E-state index contributed by atoms with van der Waals surface area (Å²) in [6.45, 7) is 11.2. The van der Waals surface area contributed by atoms with Crippen LogP contribution in [0.4, 0.5) is 38.0 Å². The number of amides is 1. The maximum atomic E-state index is 13.3. The third kappa shape index (κ3) is 12.3. The lowest BCUT2D eigenvalue weighted by Crippen LogP contribution is -2.59. The quantitative estimate of drug-likeness (QED) is 0.156. The predicted octanol–water partition coefficient (Wildman–Crippen LogP) is 7.35. The Hall–Kier alpha value is -7.92. The molecule has 4 aromatic heterocycles. The zero-order valence-corrected chi connectivity index (χ0v) is 36.0. The van der Waals surface area contributed by atoms with Crippen molar-refractivity contribution in [3.05, 3.63) is 119 Å². The molecule has 6 heterocycles. The van der Waals surface area contributed by atoms with E-state index in [2.05, 4.69) is 74.3 Å². The molecule has 6 aromatic rings. The Labute approximate surface area is 378 Å². The van der Waals surface area contributed by atoms with Gasteiger partial charge < -0.3 is 34.2 Å². The van der Waals surface area contributed by atoms with Crippen molar-refractivity contribution in [3.63, 3.8) is 0 Å². The standard InChI is InChI=1S/C22H19F3N6O2.C12H16N4.C10H5F3N2O3/c1-13-11-30(18-7-6-15(9-26)10-27-18)12-14(2)31(13)20(32)17-5-3-4-16(8-17)19-28-21(33-29-19)22(23,24)25;1-9-7-16(8-10(2)15-9)12-4-3-11(5-13)6-14-12;11-10(12,13)9-14-7(15-18-9)5-2-1-3-6(4-5)8(16)17/h3-8,10,13-14H,11-12H2,1-2H3;3-4,6,9-10,15H,7-8H2,1-2H3;1-4H,(H,16,17). The number of halogens is 6. The number of hydrogen-bond donors (Lipinski definition) is 2. The summed E-state index contributed by atoms with van der Waals surface area (Å²) in [7, 11) is 0. The second-order valence-corrected chi connectivity index (χ2v) is 15.5. The Morgan fingerprint density at radius 1 is 0.672 bits per heavy atom. The van der Waals surface area contributed by atoms with Crippen molar-refractivity contribution in [1.82, 2.24) is 40.5 Å².